The third-order valence-corrected chi connectivity index (χ3v) is 4.34. The second kappa shape index (κ2) is 6.34. The van der Waals surface area contributed by atoms with Crippen molar-refractivity contribution in [2.45, 2.75) is 44.7 Å². The fourth-order valence-corrected chi connectivity index (χ4v) is 3.06. The first kappa shape index (κ1) is 14.8. The predicted octanol–water partition coefficient (Wildman–Crippen LogP) is 2.09. The van der Waals surface area contributed by atoms with E-state index < -0.39 is 0 Å². The van der Waals surface area contributed by atoms with Crippen molar-refractivity contribution >= 4 is 17.8 Å². The van der Waals surface area contributed by atoms with Crippen LogP contribution < -0.4 is 5.32 Å². The molecule has 2 heterocycles. The highest BCUT2D eigenvalue weighted by Crippen LogP contribution is 2.29. The molecule has 1 aromatic heterocycles. The largest absolute Gasteiger partial charge is 0.338 e. The standard InChI is InChI=1S/C16H22N4O2/c1-12(21)20(13-7-8-13)11-14-5-4-10-19(14)16(22)18-15-6-2-3-9-17-15/h2-3,6,9,13-14H,4-5,7-8,10-11H2,1H3,(H,17,18,22)/t14-/m0/s1. The Kier molecular flexibility index (Phi) is 4.27. The minimum absolute atomic E-state index is 0.105. The number of nitrogens with zero attached hydrogens (tertiary/aromatic N) is 3. The molecule has 6 nitrogen and oxygen atoms in total. The Hall–Kier alpha value is -2.11. The van der Waals surface area contributed by atoms with Crippen LogP contribution in [-0.2, 0) is 4.79 Å². The van der Waals surface area contributed by atoms with E-state index in [0.717, 1.165) is 32.2 Å². The molecule has 1 saturated heterocycles. The molecule has 2 fully saturated rings. The zero-order valence-electron chi connectivity index (χ0n) is 12.9. The van der Waals surface area contributed by atoms with E-state index in [1.807, 2.05) is 21.9 Å². The highest BCUT2D eigenvalue weighted by atomic mass is 16.2. The summed E-state index contributed by atoms with van der Waals surface area (Å²) >= 11 is 0. The molecule has 1 N–H and O–H groups in total. The summed E-state index contributed by atoms with van der Waals surface area (Å²) < 4.78 is 0. The molecule has 1 atom stereocenters. The SMILES string of the molecule is CC(=O)N(C[C@@H]1CCCN1C(=O)Nc1ccccn1)C1CC1. The molecule has 0 bridgehead atoms. The van der Waals surface area contributed by atoms with Crippen molar-refractivity contribution in [2.75, 3.05) is 18.4 Å². The van der Waals surface area contributed by atoms with E-state index in [1.54, 1.807) is 19.2 Å². The maximum atomic E-state index is 12.4. The molecule has 0 unspecified atom stereocenters. The van der Waals surface area contributed by atoms with Gasteiger partial charge in [-0.15, -0.1) is 0 Å². The Morgan fingerprint density at radius 3 is 2.82 bits per heavy atom. The van der Waals surface area contributed by atoms with Gasteiger partial charge in [-0.3, -0.25) is 10.1 Å². The van der Waals surface area contributed by atoms with Gasteiger partial charge in [0.15, 0.2) is 0 Å². The zero-order valence-corrected chi connectivity index (χ0v) is 12.9. The first-order chi connectivity index (χ1) is 10.6. The quantitative estimate of drug-likeness (QED) is 0.926. The van der Waals surface area contributed by atoms with Gasteiger partial charge in [0.05, 0.1) is 6.04 Å². The summed E-state index contributed by atoms with van der Waals surface area (Å²) in [5.41, 5.74) is 0. The smallest absolute Gasteiger partial charge is 0.323 e. The van der Waals surface area contributed by atoms with E-state index in [-0.39, 0.29) is 18.0 Å². The Balaban J connectivity index is 1.62. The summed E-state index contributed by atoms with van der Waals surface area (Å²) in [6.45, 7) is 3.00. The Morgan fingerprint density at radius 1 is 1.36 bits per heavy atom. The maximum Gasteiger partial charge on any atom is 0.323 e. The molecule has 3 amide bonds. The van der Waals surface area contributed by atoms with E-state index in [4.69, 9.17) is 0 Å². The topological polar surface area (TPSA) is 65.5 Å². The molecule has 6 heteroatoms. The molecular weight excluding hydrogens is 280 g/mol. The molecule has 2 aliphatic rings. The molecule has 1 aromatic rings. The highest BCUT2D eigenvalue weighted by Gasteiger charge is 2.36. The lowest BCUT2D eigenvalue weighted by Gasteiger charge is -2.30. The van der Waals surface area contributed by atoms with Crippen LogP contribution in [0.4, 0.5) is 10.6 Å². The molecule has 1 aliphatic carbocycles. The van der Waals surface area contributed by atoms with Gasteiger partial charge in [0.25, 0.3) is 0 Å². The zero-order chi connectivity index (χ0) is 15.5. The molecule has 1 aliphatic heterocycles. The van der Waals surface area contributed by atoms with Crippen LogP contribution in [0.5, 0.6) is 0 Å². The van der Waals surface area contributed by atoms with Crippen LogP contribution in [0.3, 0.4) is 0 Å². The van der Waals surface area contributed by atoms with Gasteiger partial charge in [0.1, 0.15) is 5.82 Å². The molecule has 3 rings (SSSR count). The number of likely N-dealkylation sites (tertiary alicyclic amines) is 1. The third kappa shape index (κ3) is 3.37. The van der Waals surface area contributed by atoms with Crippen LogP contribution in [-0.4, -0.2) is 51.9 Å². The van der Waals surface area contributed by atoms with E-state index in [0.29, 0.717) is 18.4 Å². The second-order valence-corrected chi connectivity index (χ2v) is 6.04. The molecule has 0 radical (unpaired) electrons. The average molecular weight is 302 g/mol. The number of carbonyl (C=O) groups is 2. The van der Waals surface area contributed by atoms with Gasteiger partial charge in [-0.25, -0.2) is 9.78 Å². The summed E-state index contributed by atoms with van der Waals surface area (Å²) in [6.07, 6.45) is 5.77. The van der Waals surface area contributed by atoms with Gasteiger partial charge < -0.3 is 9.80 Å². The molecule has 118 valence electrons. The summed E-state index contributed by atoms with van der Waals surface area (Å²) in [5.74, 6) is 0.670. The first-order valence-corrected chi connectivity index (χ1v) is 7.91. The molecule has 22 heavy (non-hydrogen) atoms. The summed E-state index contributed by atoms with van der Waals surface area (Å²) in [6, 6.07) is 5.80. The first-order valence-electron chi connectivity index (χ1n) is 7.91. The summed E-state index contributed by atoms with van der Waals surface area (Å²) in [7, 11) is 0. The van der Waals surface area contributed by atoms with Crippen LogP contribution in [0.25, 0.3) is 0 Å². The predicted molar refractivity (Wildman–Crippen MR) is 83.4 cm³/mol. The fraction of sp³-hybridized carbons (Fsp3) is 0.562. The van der Waals surface area contributed by atoms with Gasteiger partial charge in [-0.1, -0.05) is 6.07 Å². The summed E-state index contributed by atoms with van der Waals surface area (Å²) in [5, 5.41) is 2.83. The lowest BCUT2D eigenvalue weighted by atomic mass is 10.2. The van der Waals surface area contributed by atoms with Gasteiger partial charge >= 0.3 is 6.03 Å². The number of pyridine rings is 1. The number of rotatable bonds is 4. The number of aromatic nitrogens is 1. The number of urea groups is 1. The Labute approximate surface area is 130 Å². The van der Waals surface area contributed by atoms with Gasteiger partial charge in [-0.05, 0) is 37.8 Å². The van der Waals surface area contributed by atoms with Crippen LogP contribution in [0.15, 0.2) is 24.4 Å². The van der Waals surface area contributed by atoms with Crippen LogP contribution in [0.2, 0.25) is 0 Å². The second-order valence-electron chi connectivity index (χ2n) is 6.04. The summed E-state index contributed by atoms with van der Waals surface area (Å²) in [4.78, 5) is 32.1. The van der Waals surface area contributed by atoms with Crippen LogP contribution >= 0.6 is 0 Å². The number of amides is 3. The Bertz CT molecular complexity index is 544. The van der Waals surface area contributed by atoms with Crippen molar-refractivity contribution in [3.8, 4) is 0 Å². The Morgan fingerprint density at radius 2 is 2.18 bits per heavy atom. The van der Waals surface area contributed by atoms with Crippen molar-refractivity contribution in [1.29, 1.82) is 0 Å². The van der Waals surface area contributed by atoms with Gasteiger partial charge in [0.2, 0.25) is 5.91 Å². The van der Waals surface area contributed by atoms with E-state index >= 15 is 0 Å². The molecular formula is C16H22N4O2. The average Bonchev–Trinajstić information content (AvgIpc) is 3.23. The molecule has 1 saturated carbocycles. The number of anilines is 1. The minimum atomic E-state index is -0.125. The number of carbonyl (C=O) groups excluding carboxylic acids is 2. The van der Waals surface area contributed by atoms with Gasteiger partial charge in [-0.2, -0.15) is 0 Å². The lowest BCUT2D eigenvalue weighted by Crippen LogP contribution is -2.46. The number of hydrogen-bond acceptors (Lipinski definition) is 3. The van der Waals surface area contributed by atoms with Crippen molar-refractivity contribution in [1.82, 2.24) is 14.8 Å². The minimum Gasteiger partial charge on any atom is -0.338 e. The molecule has 0 aromatic carbocycles. The number of nitrogens with one attached hydrogen (secondary N) is 1. The molecule has 0 spiro atoms. The van der Waals surface area contributed by atoms with Crippen molar-refractivity contribution in [2.24, 2.45) is 0 Å². The van der Waals surface area contributed by atoms with Gasteiger partial charge in [0, 0.05) is 32.3 Å². The fourth-order valence-electron chi connectivity index (χ4n) is 3.06. The van der Waals surface area contributed by atoms with E-state index in [1.165, 1.54) is 0 Å². The van der Waals surface area contributed by atoms with Crippen molar-refractivity contribution < 1.29 is 9.59 Å². The van der Waals surface area contributed by atoms with Crippen molar-refractivity contribution in [3.05, 3.63) is 24.4 Å². The normalized spacial score (nSPS) is 20.8. The monoisotopic (exact) mass is 302 g/mol. The van der Waals surface area contributed by atoms with Crippen molar-refractivity contribution in [3.63, 3.8) is 0 Å². The van der Waals surface area contributed by atoms with E-state index in [2.05, 4.69) is 10.3 Å². The number of hydrogen-bond donors (Lipinski definition) is 1. The van der Waals surface area contributed by atoms with Crippen LogP contribution in [0, 0.1) is 0 Å². The van der Waals surface area contributed by atoms with Crippen LogP contribution in [0.1, 0.15) is 32.6 Å². The lowest BCUT2D eigenvalue weighted by molar-refractivity contribution is -0.130. The third-order valence-electron chi connectivity index (χ3n) is 4.34. The van der Waals surface area contributed by atoms with E-state index in [9.17, 15) is 9.59 Å². The maximum absolute atomic E-state index is 12.4. The highest BCUT2D eigenvalue weighted by molar-refractivity contribution is 5.88.